The number of fused-ring (bicyclic) bond motifs is 1. The molecule has 4 rings (SSSR count). The summed E-state index contributed by atoms with van der Waals surface area (Å²) in [6.07, 6.45) is 5.08. The highest BCUT2D eigenvalue weighted by molar-refractivity contribution is 5.83. The van der Waals surface area contributed by atoms with Crippen LogP contribution < -0.4 is 0 Å². The summed E-state index contributed by atoms with van der Waals surface area (Å²) in [6, 6.07) is 7.97. The summed E-state index contributed by atoms with van der Waals surface area (Å²) in [4.78, 5) is 34.0. The molecule has 27 heavy (non-hydrogen) atoms. The highest BCUT2D eigenvalue weighted by Crippen LogP contribution is 2.30. The van der Waals surface area contributed by atoms with Gasteiger partial charge in [-0.05, 0) is 31.9 Å². The van der Waals surface area contributed by atoms with Gasteiger partial charge in [0.25, 0.3) is 0 Å². The molecule has 6 nitrogen and oxygen atoms in total. The van der Waals surface area contributed by atoms with Gasteiger partial charge in [0, 0.05) is 38.5 Å². The van der Waals surface area contributed by atoms with Crippen LogP contribution in [-0.2, 0) is 16.1 Å². The van der Waals surface area contributed by atoms with Crippen LogP contribution in [0.15, 0.2) is 24.3 Å². The summed E-state index contributed by atoms with van der Waals surface area (Å²) in [5, 5.41) is 0. The van der Waals surface area contributed by atoms with E-state index in [4.69, 9.17) is 4.98 Å². The maximum atomic E-state index is 13.0. The summed E-state index contributed by atoms with van der Waals surface area (Å²) in [5.74, 6) is 1.28. The topological polar surface area (TPSA) is 58.4 Å². The van der Waals surface area contributed by atoms with Crippen molar-refractivity contribution in [2.45, 2.75) is 51.5 Å². The van der Waals surface area contributed by atoms with E-state index in [0.29, 0.717) is 19.5 Å². The monoisotopic (exact) mass is 368 g/mol. The molecule has 2 aliphatic rings. The molecule has 1 atom stereocenters. The Morgan fingerprint density at radius 3 is 2.59 bits per heavy atom. The van der Waals surface area contributed by atoms with E-state index < -0.39 is 0 Å². The van der Waals surface area contributed by atoms with Crippen LogP contribution in [0.4, 0.5) is 0 Å². The van der Waals surface area contributed by atoms with Gasteiger partial charge >= 0.3 is 0 Å². The summed E-state index contributed by atoms with van der Waals surface area (Å²) in [6.45, 7) is 5.44. The Balaban J connectivity index is 1.64. The number of likely N-dealkylation sites (tertiary alicyclic amines) is 2. The van der Waals surface area contributed by atoms with E-state index in [2.05, 4.69) is 4.57 Å². The molecule has 0 bridgehead atoms. The molecule has 1 aromatic heterocycles. The first-order chi connectivity index (χ1) is 13.2. The van der Waals surface area contributed by atoms with Gasteiger partial charge in [0.05, 0.1) is 11.0 Å². The van der Waals surface area contributed by atoms with Crippen LogP contribution >= 0.6 is 0 Å². The molecule has 0 aliphatic carbocycles. The molecule has 2 amide bonds. The molecule has 0 saturated carbocycles. The zero-order valence-corrected chi connectivity index (χ0v) is 16.1. The number of hydrogen-bond acceptors (Lipinski definition) is 3. The number of amides is 2. The lowest BCUT2D eigenvalue weighted by atomic mass is 10.1. The lowest BCUT2D eigenvalue weighted by Gasteiger charge is -2.22. The Labute approximate surface area is 160 Å². The first-order valence-electron chi connectivity index (χ1n) is 10.2. The molecule has 2 fully saturated rings. The molecule has 0 radical (unpaired) electrons. The van der Waals surface area contributed by atoms with E-state index in [1.165, 1.54) is 12.8 Å². The molecule has 0 spiro atoms. The highest BCUT2D eigenvalue weighted by atomic mass is 16.2. The Morgan fingerprint density at radius 1 is 1.15 bits per heavy atom. The molecule has 1 unspecified atom stereocenters. The van der Waals surface area contributed by atoms with Gasteiger partial charge in [-0.15, -0.1) is 0 Å². The third-order valence-corrected chi connectivity index (χ3v) is 5.90. The number of imidazole rings is 1. The fraction of sp³-hybridized carbons (Fsp3) is 0.571. The van der Waals surface area contributed by atoms with Gasteiger partial charge in [0.15, 0.2) is 0 Å². The predicted molar refractivity (Wildman–Crippen MR) is 104 cm³/mol. The van der Waals surface area contributed by atoms with Crippen LogP contribution in [0.5, 0.6) is 0 Å². The van der Waals surface area contributed by atoms with Crippen molar-refractivity contribution in [2.75, 3.05) is 26.2 Å². The molecule has 2 aliphatic heterocycles. The van der Waals surface area contributed by atoms with Crippen molar-refractivity contribution in [3.63, 3.8) is 0 Å². The van der Waals surface area contributed by atoms with Crippen LogP contribution in [0.2, 0.25) is 0 Å². The van der Waals surface area contributed by atoms with Crippen molar-refractivity contribution in [1.29, 1.82) is 0 Å². The SMILES string of the molecule is CCN1CC(c2nc3ccccc3n2CC(=O)N2CCCCCC2)CC1=O. The number of carbonyl (C=O) groups excluding carboxylic acids is 2. The smallest absolute Gasteiger partial charge is 0.242 e. The van der Waals surface area contributed by atoms with Gasteiger partial charge in [-0.25, -0.2) is 4.98 Å². The fourth-order valence-corrected chi connectivity index (χ4v) is 4.38. The first kappa shape index (κ1) is 18.0. The summed E-state index contributed by atoms with van der Waals surface area (Å²) < 4.78 is 2.06. The number of benzene rings is 1. The standard InChI is InChI=1S/C21H28N4O2/c1-2-23-14-16(13-19(23)26)21-22-17-9-5-6-10-18(17)25(21)15-20(27)24-11-7-3-4-8-12-24/h5-6,9-10,16H,2-4,7-8,11-15H2,1H3. The number of nitrogens with zero attached hydrogens (tertiary/aromatic N) is 4. The normalized spacial score (nSPS) is 21.1. The molecule has 144 valence electrons. The third-order valence-electron chi connectivity index (χ3n) is 5.90. The highest BCUT2D eigenvalue weighted by Gasteiger charge is 2.33. The molecular weight excluding hydrogens is 340 g/mol. The van der Waals surface area contributed by atoms with Crippen LogP contribution in [0.1, 0.15) is 50.8 Å². The van der Waals surface area contributed by atoms with Gasteiger partial charge in [-0.3, -0.25) is 9.59 Å². The number of carbonyl (C=O) groups is 2. The van der Waals surface area contributed by atoms with Crippen molar-refractivity contribution in [3.8, 4) is 0 Å². The third kappa shape index (κ3) is 3.57. The number of hydrogen-bond donors (Lipinski definition) is 0. The molecule has 6 heteroatoms. The van der Waals surface area contributed by atoms with Gasteiger partial charge in [-0.1, -0.05) is 25.0 Å². The maximum absolute atomic E-state index is 13.0. The molecular formula is C21H28N4O2. The van der Waals surface area contributed by atoms with E-state index in [1.54, 1.807) is 0 Å². The van der Waals surface area contributed by atoms with Crippen LogP contribution in [0.3, 0.4) is 0 Å². The van der Waals surface area contributed by atoms with Gasteiger partial charge in [-0.2, -0.15) is 0 Å². The molecule has 2 aromatic rings. The van der Waals surface area contributed by atoms with Crippen molar-refractivity contribution in [3.05, 3.63) is 30.1 Å². The van der Waals surface area contributed by atoms with E-state index in [9.17, 15) is 9.59 Å². The summed E-state index contributed by atoms with van der Waals surface area (Å²) >= 11 is 0. The van der Waals surface area contributed by atoms with Crippen molar-refractivity contribution in [2.24, 2.45) is 0 Å². The summed E-state index contributed by atoms with van der Waals surface area (Å²) in [5.41, 5.74) is 1.89. The number of aromatic nitrogens is 2. The molecule has 3 heterocycles. The Bertz CT molecular complexity index is 836. The average molecular weight is 368 g/mol. The van der Waals surface area contributed by atoms with Crippen LogP contribution in [-0.4, -0.2) is 57.3 Å². The predicted octanol–water partition coefficient (Wildman–Crippen LogP) is 2.77. The Kier molecular flexibility index (Phi) is 5.14. The number of likely N-dealkylation sites (N-methyl/N-ethyl adjacent to an activating group) is 1. The van der Waals surface area contributed by atoms with Gasteiger partial charge in [0.2, 0.25) is 11.8 Å². The van der Waals surface area contributed by atoms with E-state index in [-0.39, 0.29) is 17.7 Å². The Hall–Kier alpha value is -2.37. The molecule has 1 aromatic carbocycles. The minimum atomic E-state index is 0.0572. The second-order valence-corrected chi connectivity index (χ2v) is 7.67. The first-order valence-corrected chi connectivity index (χ1v) is 10.2. The molecule has 0 N–H and O–H groups in total. The number of para-hydroxylation sites is 2. The van der Waals surface area contributed by atoms with E-state index in [1.807, 2.05) is 41.0 Å². The second-order valence-electron chi connectivity index (χ2n) is 7.67. The van der Waals surface area contributed by atoms with Crippen molar-refractivity contribution < 1.29 is 9.59 Å². The minimum absolute atomic E-state index is 0.0572. The minimum Gasteiger partial charge on any atom is -0.342 e. The zero-order valence-electron chi connectivity index (χ0n) is 16.1. The lowest BCUT2D eigenvalue weighted by molar-refractivity contribution is -0.131. The van der Waals surface area contributed by atoms with Crippen LogP contribution in [0.25, 0.3) is 11.0 Å². The van der Waals surface area contributed by atoms with E-state index >= 15 is 0 Å². The van der Waals surface area contributed by atoms with E-state index in [0.717, 1.165) is 49.3 Å². The second kappa shape index (κ2) is 7.71. The lowest BCUT2D eigenvalue weighted by Crippen LogP contribution is -2.35. The van der Waals surface area contributed by atoms with Gasteiger partial charge < -0.3 is 14.4 Å². The van der Waals surface area contributed by atoms with Gasteiger partial charge in [0.1, 0.15) is 12.4 Å². The largest absolute Gasteiger partial charge is 0.342 e. The maximum Gasteiger partial charge on any atom is 0.242 e. The average Bonchev–Trinajstić information content (AvgIpc) is 3.09. The number of rotatable bonds is 4. The van der Waals surface area contributed by atoms with Crippen molar-refractivity contribution >= 4 is 22.8 Å². The fourth-order valence-electron chi connectivity index (χ4n) is 4.38. The Morgan fingerprint density at radius 2 is 1.89 bits per heavy atom. The van der Waals surface area contributed by atoms with Crippen molar-refractivity contribution in [1.82, 2.24) is 19.4 Å². The summed E-state index contributed by atoms with van der Waals surface area (Å²) in [7, 11) is 0. The van der Waals surface area contributed by atoms with Crippen LogP contribution in [0, 0.1) is 0 Å². The zero-order chi connectivity index (χ0) is 18.8. The molecule has 2 saturated heterocycles. The quantitative estimate of drug-likeness (QED) is 0.834.